The van der Waals surface area contributed by atoms with E-state index in [0.717, 1.165) is 15.8 Å². The average Bonchev–Trinajstić information content (AvgIpc) is 2.97. The van der Waals surface area contributed by atoms with Crippen LogP contribution >= 0.6 is 11.3 Å². The SMILES string of the molecule is CC(N)c1nc(-c2cnc3ccsc3c2)n[nH]1. The smallest absolute Gasteiger partial charge is 0.182 e. The van der Waals surface area contributed by atoms with Gasteiger partial charge in [-0.25, -0.2) is 4.98 Å². The molecule has 0 aliphatic heterocycles. The third-order valence-corrected chi connectivity index (χ3v) is 3.35. The molecule has 3 rings (SSSR count). The Labute approximate surface area is 102 Å². The lowest BCUT2D eigenvalue weighted by Gasteiger charge is -1.96. The number of hydrogen-bond donors (Lipinski definition) is 2. The second-order valence-corrected chi connectivity index (χ2v) is 4.81. The summed E-state index contributed by atoms with van der Waals surface area (Å²) in [6.45, 7) is 1.87. The monoisotopic (exact) mass is 245 g/mol. The first-order chi connectivity index (χ1) is 8.24. The van der Waals surface area contributed by atoms with E-state index < -0.39 is 0 Å². The second kappa shape index (κ2) is 3.90. The number of aromatic nitrogens is 4. The highest BCUT2D eigenvalue weighted by atomic mass is 32.1. The van der Waals surface area contributed by atoms with Crippen LogP contribution in [-0.2, 0) is 0 Å². The summed E-state index contributed by atoms with van der Waals surface area (Å²) in [6.07, 6.45) is 1.78. The number of pyridine rings is 1. The van der Waals surface area contributed by atoms with Gasteiger partial charge in [-0.1, -0.05) is 0 Å². The zero-order valence-corrected chi connectivity index (χ0v) is 10.0. The quantitative estimate of drug-likeness (QED) is 0.724. The van der Waals surface area contributed by atoms with Gasteiger partial charge in [0.05, 0.1) is 16.3 Å². The molecule has 1 atom stereocenters. The molecule has 0 saturated heterocycles. The van der Waals surface area contributed by atoms with E-state index in [4.69, 9.17) is 5.73 Å². The molecule has 3 aromatic rings. The van der Waals surface area contributed by atoms with Crippen molar-refractivity contribution in [2.24, 2.45) is 5.73 Å². The standard InChI is InChI=1S/C11H11N5S/c1-6(12)10-14-11(16-15-10)7-4-9-8(13-5-7)2-3-17-9/h2-6H,12H2,1H3,(H,14,15,16). The number of thiophene rings is 1. The summed E-state index contributed by atoms with van der Waals surface area (Å²) in [4.78, 5) is 8.70. The van der Waals surface area contributed by atoms with Gasteiger partial charge in [0.15, 0.2) is 5.82 Å². The van der Waals surface area contributed by atoms with E-state index >= 15 is 0 Å². The zero-order chi connectivity index (χ0) is 11.8. The van der Waals surface area contributed by atoms with E-state index in [-0.39, 0.29) is 6.04 Å². The minimum Gasteiger partial charge on any atom is -0.322 e. The molecule has 1 unspecified atom stereocenters. The van der Waals surface area contributed by atoms with Crippen LogP contribution in [0.4, 0.5) is 0 Å². The molecule has 3 N–H and O–H groups in total. The molecule has 5 nitrogen and oxygen atoms in total. The largest absolute Gasteiger partial charge is 0.322 e. The Morgan fingerprint density at radius 2 is 2.35 bits per heavy atom. The molecule has 0 aromatic carbocycles. The van der Waals surface area contributed by atoms with Gasteiger partial charge >= 0.3 is 0 Å². The number of fused-ring (bicyclic) bond motifs is 1. The van der Waals surface area contributed by atoms with E-state index in [1.54, 1.807) is 17.5 Å². The number of rotatable bonds is 2. The van der Waals surface area contributed by atoms with Crippen LogP contribution in [0.25, 0.3) is 21.6 Å². The van der Waals surface area contributed by atoms with Crippen molar-refractivity contribution in [3.8, 4) is 11.4 Å². The van der Waals surface area contributed by atoms with Crippen molar-refractivity contribution >= 4 is 21.6 Å². The van der Waals surface area contributed by atoms with Crippen LogP contribution in [0.1, 0.15) is 18.8 Å². The Balaban J connectivity index is 2.06. The number of nitrogens with two attached hydrogens (primary N) is 1. The van der Waals surface area contributed by atoms with Gasteiger partial charge in [0.1, 0.15) is 5.82 Å². The fourth-order valence-electron chi connectivity index (χ4n) is 1.58. The third-order valence-electron chi connectivity index (χ3n) is 2.49. The Kier molecular flexibility index (Phi) is 2.38. The minimum absolute atomic E-state index is 0.144. The maximum Gasteiger partial charge on any atom is 0.182 e. The van der Waals surface area contributed by atoms with Gasteiger partial charge in [-0.2, -0.15) is 5.10 Å². The molecule has 0 aliphatic rings. The fourth-order valence-corrected chi connectivity index (χ4v) is 2.36. The van der Waals surface area contributed by atoms with Gasteiger partial charge < -0.3 is 5.73 Å². The van der Waals surface area contributed by atoms with Crippen molar-refractivity contribution in [2.45, 2.75) is 13.0 Å². The Hall–Kier alpha value is -1.79. The maximum atomic E-state index is 5.73. The Morgan fingerprint density at radius 3 is 3.12 bits per heavy atom. The summed E-state index contributed by atoms with van der Waals surface area (Å²) in [5, 5.41) is 9.00. The van der Waals surface area contributed by atoms with E-state index in [9.17, 15) is 0 Å². The fraction of sp³-hybridized carbons (Fsp3) is 0.182. The van der Waals surface area contributed by atoms with Crippen molar-refractivity contribution in [3.63, 3.8) is 0 Å². The average molecular weight is 245 g/mol. The van der Waals surface area contributed by atoms with Crippen LogP contribution in [0.15, 0.2) is 23.7 Å². The molecule has 0 amide bonds. The highest BCUT2D eigenvalue weighted by molar-refractivity contribution is 7.17. The molecule has 0 bridgehead atoms. The molecule has 0 radical (unpaired) electrons. The van der Waals surface area contributed by atoms with Crippen LogP contribution in [0.5, 0.6) is 0 Å². The van der Waals surface area contributed by atoms with Crippen LogP contribution < -0.4 is 5.73 Å². The van der Waals surface area contributed by atoms with Gasteiger partial charge in [0.25, 0.3) is 0 Å². The van der Waals surface area contributed by atoms with Gasteiger partial charge in [0.2, 0.25) is 0 Å². The lowest BCUT2D eigenvalue weighted by atomic mass is 10.2. The normalized spacial score (nSPS) is 13.1. The minimum atomic E-state index is -0.144. The first-order valence-corrected chi connectivity index (χ1v) is 6.13. The number of nitrogens with one attached hydrogen (secondary N) is 1. The predicted octanol–water partition coefficient (Wildman–Crippen LogP) is 2.10. The summed E-state index contributed by atoms with van der Waals surface area (Å²) in [6, 6.07) is 3.89. The van der Waals surface area contributed by atoms with Gasteiger partial charge in [0, 0.05) is 11.8 Å². The number of nitrogens with zero attached hydrogens (tertiary/aromatic N) is 3. The molecular formula is C11H11N5S. The summed E-state index contributed by atoms with van der Waals surface area (Å²) in [5.74, 6) is 1.33. The second-order valence-electron chi connectivity index (χ2n) is 3.86. The van der Waals surface area contributed by atoms with E-state index in [0.29, 0.717) is 11.6 Å². The highest BCUT2D eigenvalue weighted by Crippen LogP contribution is 2.24. The summed E-state index contributed by atoms with van der Waals surface area (Å²) in [5.41, 5.74) is 7.64. The molecule has 0 aliphatic carbocycles. The van der Waals surface area contributed by atoms with Crippen LogP contribution in [0, 0.1) is 0 Å². The molecule has 3 heterocycles. The lowest BCUT2D eigenvalue weighted by Crippen LogP contribution is -2.06. The summed E-state index contributed by atoms with van der Waals surface area (Å²) in [7, 11) is 0. The molecule has 86 valence electrons. The van der Waals surface area contributed by atoms with Crippen molar-refractivity contribution < 1.29 is 0 Å². The first kappa shape index (κ1) is 10.4. The molecule has 0 fully saturated rings. The molecule has 17 heavy (non-hydrogen) atoms. The van der Waals surface area contributed by atoms with E-state index in [1.165, 1.54) is 0 Å². The molecule has 0 saturated carbocycles. The van der Waals surface area contributed by atoms with Crippen LogP contribution in [0.2, 0.25) is 0 Å². The maximum absolute atomic E-state index is 5.73. The van der Waals surface area contributed by atoms with Crippen molar-refractivity contribution in [1.29, 1.82) is 0 Å². The van der Waals surface area contributed by atoms with Gasteiger partial charge in [-0.15, -0.1) is 11.3 Å². The summed E-state index contributed by atoms with van der Waals surface area (Å²) < 4.78 is 1.13. The molecule has 0 spiro atoms. The van der Waals surface area contributed by atoms with E-state index in [2.05, 4.69) is 20.2 Å². The predicted molar refractivity (Wildman–Crippen MR) is 67.6 cm³/mol. The van der Waals surface area contributed by atoms with Crippen molar-refractivity contribution in [1.82, 2.24) is 20.2 Å². The topological polar surface area (TPSA) is 80.5 Å². The van der Waals surface area contributed by atoms with Crippen LogP contribution in [0.3, 0.4) is 0 Å². The highest BCUT2D eigenvalue weighted by Gasteiger charge is 2.09. The van der Waals surface area contributed by atoms with Crippen molar-refractivity contribution in [3.05, 3.63) is 29.5 Å². The van der Waals surface area contributed by atoms with E-state index in [1.807, 2.05) is 24.4 Å². The number of aromatic amines is 1. The molecule has 6 heteroatoms. The van der Waals surface area contributed by atoms with Gasteiger partial charge in [-0.3, -0.25) is 10.1 Å². The number of H-pyrrole nitrogens is 1. The lowest BCUT2D eigenvalue weighted by molar-refractivity contribution is 0.745. The van der Waals surface area contributed by atoms with Gasteiger partial charge in [-0.05, 0) is 24.4 Å². The summed E-state index contributed by atoms with van der Waals surface area (Å²) >= 11 is 1.66. The first-order valence-electron chi connectivity index (χ1n) is 5.25. The molecular weight excluding hydrogens is 234 g/mol. The number of hydrogen-bond acceptors (Lipinski definition) is 5. The van der Waals surface area contributed by atoms with Crippen molar-refractivity contribution in [2.75, 3.05) is 0 Å². The third kappa shape index (κ3) is 1.81. The van der Waals surface area contributed by atoms with Crippen LogP contribution in [-0.4, -0.2) is 20.2 Å². The Morgan fingerprint density at radius 1 is 1.47 bits per heavy atom. The molecule has 3 aromatic heterocycles. The zero-order valence-electron chi connectivity index (χ0n) is 9.21. The Bertz CT molecular complexity index is 654.